The van der Waals surface area contributed by atoms with Gasteiger partial charge in [-0.1, -0.05) is 35.5 Å². The number of amides is 1. The van der Waals surface area contributed by atoms with E-state index in [-0.39, 0.29) is 11.9 Å². The largest absolute Gasteiger partial charge is 0.493 e. The maximum Gasteiger partial charge on any atom is 0.259 e. The van der Waals surface area contributed by atoms with Crippen LogP contribution in [0.2, 0.25) is 0 Å². The molecule has 2 aromatic carbocycles. The molecule has 2 aromatic heterocycles. The van der Waals surface area contributed by atoms with E-state index < -0.39 is 0 Å². The summed E-state index contributed by atoms with van der Waals surface area (Å²) in [6, 6.07) is 15.0. The van der Waals surface area contributed by atoms with E-state index in [0.29, 0.717) is 39.6 Å². The van der Waals surface area contributed by atoms with E-state index in [1.807, 2.05) is 56.3 Å². The molecule has 0 aliphatic heterocycles. The molecule has 0 aliphatic carbocycles. The Morgan fingerprint density at radius 3 is 2.41 bits per heavy atom. The lowest BCUT2D eigenvalue weighted by Gasteiger charge is -2.19. The Bertz CT molecular complexity index is 1280. The van der Waals surface area contributed by atoms with Crippen LogP contribution in [0.15, 0.2) is 53.1 Å². The molecule has 0 aliphatic rings. The van der Waals surface area contributed by atoms with Crippen molar-refractivity contribution in [3.63, 3.8) is 0 Å². The standard InChI is InChI=1S/C25H25N3O4/c1-14-11-21(30-4)22(31-5)13-18(14)15(2)26-24(29)19-12-20(17-9-7-6-8-10-17)27-25-23(19)16(3)28-32-25/h6-13,15H,1-5H3,(H,26,29). The van der Waals surface area contributed by atoms with Crippen molar-refractivity contribution in [2.24, 2.45) is 0 Å². The molecule has 4 rings (SSSR count). The van der Waals surface area contributed by atoms with Gasteiger partial charge in [0.2, 0.25) is 0 Å². The first kappa shape index (κ1) is 21.4. The van der Waals surface area contributed by atoms with E-state index in [1.54, 1.807) is 27.2 Å². The van der Waals surface area contributed by atoms with Gasteiger partial charge >= 0.3 is 0 Å². The number of methoxy groups -OCH3 is 2. The quantitative estimate of drug-likeness (QED) is 0.462. The second kappa shape index (κ2) is 8.70. The molecule has 0 spiro atoms. The number of nitrogens with one attached hydrogen (secondary N) is 1. The first-order valence-electron chi connectivity index (χ1n) is 10.3. The number of rotatable bonds is 6. The summed E-state index contributed by atoms with van der Waals surface area (Å²) in [6.07, 6.45) is 0. The second-order valence-electron chi connectivity index (χ2n) is 7.63. The van der Waals surface area contributed by atoms with Crippen LogP contribution in [0.3, 0.4) is 0 Å². The van der Waals surface area contributed by atoms with Crippen LogP contribution in [0.4, 0.5) is 0 Å². The van der Waals surface area contributed by atoms with Crippen LogP contribution in [-0.4, -0.2) is 30.3 Å². The Balaban J connectivity index is 1.72. The van der Waals surface area contributed by atoms with Gasteiger partial charge in [0.15, 0.2) is 11.5 Å². The van der Waals surface area contributed by atoms with Gasteiger partial charge in [0.05, 0.1) is 42.6 Å². The summed E-state index contributed by atoms with van der Waals surface area (Å²) in [5, 5.41) is 7.73. The van der Waals surface area contributed by atoms with Crippen LogP contribution in [0.1, 0.15) is 40.1 Å². The Hall–Kier alpha value is -3.87. The van der Waals surface area contributed by atoms with Gasteiger partial charge in [-0.2, -0.15) is 0 Å². The average molecular weight is 431 g/mol. The van der Waals surface area contributed by atoms with E-state index in [9.17, 15) is 4.79 Å². The monoisotopic (exact) mass is 431 g/mol. The summed E-state index contributed by atoms with van der Waals surface area (Å²) in [6.45, 7) is 5.71. The van der Waals surface area contributed by atoms with Crippen molar-refractivity contribution in [3.05, 3.63) is 70.9 Å². The average Bonchev–Trinajstić information content (AvgIpc) is 3.19. The highest BCUT2D eigenvalue weighted by Gasteiger charge is 2.22. The molecule has 1 N–H and O–H groups in total. The highest BCUT2D eigenvalue weighted by atomic mass is 16.5. The fourth-order valence-electron chi connectivity index (χ4n) is 3.85. The molecule has 0 fully saturated rings. The maximum absolute atomic E-state index is 13.4. The Kier molecular flexibility index (Phi) is 5.81. The molecular weight excluding hydrogens is 406 g/mol. The number of hydrogen-bond donors (Lipinski definition) is 1. The molecule has 0 radical (unpaired) electrons. The lowest BCUT2D eigenvalue weighted by molar-refractivity contribution is 0.0941. The highest BCUT2D eigenvalue weighted by Crippen LogP contribution is 2.33. The molecule has 1 unspecified atom stereocenters. The van der Waals surface area contributed by atoms with Crippen molar-refractivity contribution in [1.29, 1.82) is 0 Å². The van der Waals surface area contributed by atoms with Crippen molar-refractivity contribution >= 4 is 17.0 Å². The molecule has 164 valence electrons. The highest BCUT2D eigenvalue weighted by molar-refractivity contribution is 6.07. The van der Waals surface area contributed by atoms with Gasteiger partial charge < -0.3 is 19.3 Å². The normalized spacial score (nSPS) is 11.9. The molecule has 0 bridgehead atoms. The predicted octanol–water partition coefficient (Wildman–Crippen LogP) is 5.01. The van der Waals surface area contributed by atoms with Crippen LogP contribution in [0.25, 0.3) is 22.4 Å². The molecule has 2 heterocycles. The number of pyridine rings is 1. The van der Waals surface area contributed by atoms with Gasteiger partial charge in [0, 0.05) is 5.56 Å². The molecule has 1 amide bonds. The van der Waals surface area contributed by atoms with E-state index >= 15 is 0 Å². The maximum atomic E-state index is 13.4. The Labute approximate surface area is 186 Å². The fraction of sp³-hybridized carbons (Fsp3) is 0.240. The number of benzene rings is 2. The van der Waals surface area contributed by atoms with Gasteiger partial charge in [0.1, 0.15) is 0 Å². The zero-order valence-corrected chi connectivity index (χ0v) is 18.7. The fourth-order valence-corrected chi connectivity index (χ4v) is 3.85. The zero-order valence-electron chi connectivity index (χ0n) is 18.7. The van der Waals surface area contributed by atoms with Crippen LogP contribution >= 0.6 is 0 Å². The van der Waals surface area contributed by atoms with Gasteiger partial charge in [-0.25, -0.2) is 4.98 Å². The molecule has 0 saturated heterocycles. The summed E-state index contributed by atoms with van der Waals surface area (Å²) in [5.41, 5.74) is 4.89. The Morgan fingerprint density at radius 1 is 1.03 bits per heavy atom. The zero-order chi connectivity index (χ0) is 22.8. The SMILES string of the molecule is COc1cc(C)c(C(C)NC(=O)c2cc(-c3ccccc3)nc3onc(C)c23)cc1OC. The number of fused-ring (bicyclic) bond motifs is 1. The minimum Gasteiger partial charge on any atom is -0.493 e. The lowest BCUT2D eigenvalue weighted by atomic mass is 10.00. The topological polar surface area (TPSA) is 86.5 Å². The van der Waals surface area contributed by atoms with Crippen molar-refractivity contribution in [2.75, 3.05) is 14.2 Å². The van der Waals surface area contributed by atoms with Gasteiger partial charge in [-0.3, -0.25) is 4.79 Å². The summed E-state index contributed by atoms with van der Waals surface area (Å²) < 4.78 is 16.2. The molecule has 7 heteroatoms. The molecule has 32 heavy (non-hydrogen) atoms. The van der Waals surface area contributed by atoms with E-state index in [4.69, 9.17) is 14.0 Å². The van der Waals surface area contributed by atoms with E-state index in [2.05, 4.69) is 15.5 Å². The molecule has 4 aromatic rings. The summed E-state index contributed by atoms with van der Waals surface area (Å²) in [7, 11) is 3.19. The number of ether oxygens (including phenoxy) is 2. The first-order chi connectivity index (χ1) is 15.4. The number of carbonyl (C=O) groups is 1. The number of nitrogens with zero attached hydrogens (tertiary/aromatic N) is 2. The summed E-state index contributed by atoms with van der Waals surface area (Å²) in [4.78, 5) is 18.0. The van der Waals surface area contributed by atoms with Gasteiger partial charge in [0.25, 0.3) is 11.6 Å². The molecule has 7 nitrogen and oxygen atoms in total. The van der Waals surface area contributed by atoms with Crippen LogP contribution in [0, 0.1) is 13.8 Å². The summed E-state index contributed by atoms with van der Waals surface area (Å²) in [5.74, 6) is 1.03. The number of hydrogen-bond acceptors (Lipinski definition) is 6. The lowest BCUT2D eigenvalue weighted by Crippen LogP contribution is -2.27. The minimum atomic E-state index is -0.272. The van der Waals surface area contributed by atoms with Crippen LogP contribution in [-0.2, 0) is 0 Å². The summed E-state index contributed by atoms with van der Waals surface area (Å²) >= 11 is 0. The van der Waals surface area contributed by atoms with Crippen LogP contribution in [0.5, 0.6) is 11.5 Å². The van der Waals surface area contributed by atoms with Crippen molar-refractivity contribution in [2.45, 2.75) is 26.8 Å². The van der Waals surface area contributed by atoms with Gasteiger partial charge in [-0.05, 0) is 50.1 Å². The minimum absolute atomic E-state index is 0.234. The smallest absolute Gasteiger partial charge is 0.259 e. The van der Waals surface area contributed by atoms with Crippen molar-refractivity contribution in [3.8, 4) is 22.8 Å². The third kappa shape index (κ3) is 3.89. The van der Waals surface area contributed by atoms with Crippen molar-refractivity contribution in [1.82, 2.24) is 15.5 Å². The van der Waals surface area contributed by atoms with E-state index in [0.717, 1.165) is 16.7 Å². The third-order valence-corrected chi connectivity index (χ3v) is 5.52. The van der Waals surface area contributed by atoms with E-state index in [1.165, 1.54) is 0 Å². The molecule has 0 saturated carbocycles. The predicted molar refractivity (Wildman–Crippen MR) is 122 cm³/mol. The number of aryl methyl sites for hydroxylation is 2. The van der Waals surface area contributed by atoms with Crippen LogP contribution < -0.4 is 14.8 Å². The molecule has 1 atom stereocenters. The second-order valence-corrected chi connectivity index (χ2v) is 7.63. The van der Waals surface area contributed by atoms with Crippen molar-refractivity contribution < 1.29 is 18.8 Å². The van der Waals surface area contributed by atoms with Gasteiger partial charge in [-0.15, -0.1) is 0 Å². The Morgan fingerprint density at radius 2 is 1.72 bits per heavy atom. The first-order valence-corrected chi connectivity index (χ1v) is 10.3. The molecular formula is C25H25N3O4. The third-order valence-electron chi connectivity index (χ3n) is 5.52. The number of carbonyl (C=O) groups excluding carboxylic acids is 1. The number of aromatic nitrogens is 2.